The van der Waals surface area contributed by atoms with Gasteiger partial charge >= 0.3 is 6.18 Å². The Morgan fingerprint density at radius 1 is 0.960 bits per heavy atom. The summed E-state index contributed by atoms with van der Waals surface area (Å²) in [6, 6.07) is 8.75. The van der Waals surface area contributed by atoms with Crippen LogP contribution in [0.5, 0.6) is 0 Å². The number of hydrogen-bond acceptors (Lipinski definition) is 8. The summed E-state index contributed by atoms with van der Waals surface area (Å²) >= 11 is 0. The first-order chi connectivity index (χ1) is 23.6. The molecule has 3 aliphatic rings. The number of hydrogen-bond donors (Lipinski definition) is 3. The molecular formula is C36H42F3N7O4. The van der Waals surface area contributed by atoms with Crippen LogP contribution in [-0.4, -0.2) is 86.2 Å². The summed E-state index contributed by atoms with van der Waals surface area (Å²) in [4.78, 5) is 63.7. The number of carbonyl (C=O) groups is 4. The summed E-state index contributed by atoms with van der Waals surface area (Å²) in [5.41, 5.74) is -0.0203. The van der Waals surface area contributed by atoms with Gasteiger partial charge in [0.2, 0.25) is 11.8 Å². The number of alkyl halides is 3. The van der Waals surface area contributed by atoms with Crippen LogP contribution in [0.1, 0.15) is 91.9 Å². The van der Waals surface area contributed by atoms with Crippen LogP contribution in [0.15, 0.2) is 42.5 Å². The van der Waals surface area contributed by atoms with Crippen LogP contribution in [0, 0.1) is 0 Å². The molecule has 14 heteroatoms. The van der Waals surface area contributed by atoms with Crippen molar-refractivity contribution in [2.45, 2.75) is 102 Å². The van der Waals surface area contributed by atoms with E-state index in [-0.39, 0.29) is 77.0 Å². The molecule has 0 bridgehead atoms. The van der Waals surface area contributed by atoms with E-state index in [4.69, 9.17) is 0 Å². The first-order valence-electron chi connectivity index (χ1n) is 17.0. The van der Waals surface area contributed by atoms with Crippen molar-refractivity contribution in [3.05, 3.63) is 65.0 Å². The van der Waals surface area contributed by atoms with Gasteiger partial charge in [-0.05, 0) is 83.2 Å². The molecule has 1 aliphatic carbocycles. The number of likely N-dealkylation sites (tertiary alicyclic amines) is 1. The Bertz CT molecular complexity index is 1790. The largest absolute Gasteiger partial charge is 0.416 e. The van der Waals surface area contributed by atoms with Crippen molar-refractivity contribution in [1.29, 1.82) is 0 Å². The van der Waals surface area contributed by atoms with Gasteiger partial charge in [0.1, 0.15) is 17.7 Å². The molecule has 2 aliphatic heterocycles. The second-order valence-corrected chi connectivity index (χ2v) is 14.4. The Balaban J connectivity index is 1.20. The standard InChI is InChI=1S/C36H42F3N7O4/c1-20(47)40-28-19-22(44-35(2,3)4)12-14-29(28)45-17-15-27(34(45)50)42-31-25-18-21(36(37,38)39)11-13-26(25)41-30(43-31)10-7-16-46-32(48)23-8-5-6-9-24(23)33(46)49/h5-6,8-9,11,13,18,22,27-29,44H,7,10,12,14-17,19H2,1-4H3,(H,40,47)(H,41,42,43)/t22-,27?,28-,29+/m1/s1. The number of halogens is 3. The second kappa shape index (κ2) is 13.6. The van der Waals surface area contributed by atoms with E-state index < -0.39 is 17.8 Å². The minimum atomic E-state index is -4.60. The Labute approximate surface area is 288 Å². The van der Waals surface area contributed by atoms with Crippen molar-refractivity contribution in [2.24, 2.45) is 0 Å². The number of rotatable bonds is 9. The maximum atomic E-state index is 13.9. The molecule has 4 amide bonds. The number of imide groups is 1. The second-order valence-electron chi connectivity index (χ2n) is 14.4. The molecule has 2 aromatic carbocycles. The van der Waals surface area contributed by atoms with Gasteiger partial charge in [0.25, 0.3) is 11.8 Å². The average molecular weight is 694 g/mol. The highest BCUT2D eigenvalue weighted by atomic mass is 19.4. The molecule has 2 fully saturated rings. The van der Waals surface area contributed by atoms with Gasteiger partial charge in [-0.2, -0.15) is 13.2 Å². The molecule has 0 radical (unpaired) electrons. The molecule has 6 rings (SSSR count). The number of nitrogens with zero attached hydrogens (tertiary/aromatic N) is 4. The SMILES string of the molecule is CC(=O)N[C@@H]1C[C@H](NC(C)(C)C)CC[C@@H]1N1CCC(Nc2nc(CCCN3C(=O)c4ccccc4C3=O)nc3ccc(C(F)(F)F)cc23)C1=O. The number of fused-ring (bicyclic) bond motifs is 2. The van der Waals surface area contributed by atoms with E-state index in [9.17, 15) is 32.3 Å². The summed E-state index contributed by atoms with van der Waals surface area (Å²) in [6.07, 6.45) is -1.50. The normalized spacial score (nSPS) is 22.7. The molecular weight excluding hydrogens is 651 g/mol. The van der Waals surface area contributed by atoms with E-state index in [1.165, 1.54) is 17.9 Å². The van der Waals surface area contributed by atoms with Gasteiger partial charge in [-0.1, -0.05) is 12.1 Å². The molecule has 1 saturated heterocycles. The Hall–Kier alpha value is -4.59. The van der Waals surface area contributed by atoms with Crippen molar-refractivity contribution in [3.8, 4) is 0 Å². The number of anilines is 1. The fourth-order valence-corrected chi connectivity index (χ4v) is 7.43. The Morgan fingerprint density at radius 2 is 1.66 bits per heavy atom. The number of aromatic nitrogens is 2. The summed E-state index contributed by atoms with van der Waals surface area (Å²) < 4.78 is 41.3. The van der Waals surface area contributed by atoms with Gasteiger partial charge in [0, 0.05) is 43.4 Å². The molecule has 11 nitrogen and oxygen atoms in total. The lowest BCUT2D eigenvalue weighted by molar-refractivity contribution is -0.137. The fraction of sp³-hybridized carbons (Fsp3) is 0.500. The topological polar surface area (TPSA) is 137 Å². The molecule has 3 heterocycles. The van der Waals surface area contributed by atoms with E-state index in [0.717, 1.165) is 18.6 Å². The highest BCUT2D eigenvalue weighted by molar-refractivity contribution is 6.21. The van der Waals surface area contributed by atoms with Crippen molar-refractivity contribution >= 4 is 40.3 Å². The number of amides is 4. The zero-order chi connectivity index (χ0) is 36.0. The molecule has 50 heavy (non-hydrogen) atoms. The smallest absolute Gasteiger partial charge is 0.358 e. The van der Waals surface area contributed by atoms with Crippen LogP contribution in [0.4, 0.5) is 19.0 Å². The van der Waals surface area contributed by atoms with Crippen LogP contribution in [0.3, 0.4) is 0 Å². The average Bonchev–Trinajstić information content (AvgIpc) is 3.51. The van der Waals surface area contributed by atoms with Crippen LogP contribution >= 0.6 is 0 Å². The van der Waals surface area contributed by atoms with Gasteiger partial charge in [0.05, 0.1) is 34.3 Å². The number of nitrogens with one attached hydrogen (secondary N) is 3. The van der Waals surface area contributed by atoms with E-state index >= 15 is 0 Å². The quantitative estimate of drug-likeness (QED) is 0.275. The third-order valence-electron chi connectivity index (χ3n) is 9.52. The zero-order valence-electron chi connectivity index (χ0n) is 28.6. The maximum Gasteiger partial charge on any atom is 0.416 e. The van der Waals surface area contributed by atoms with Crippen molar-refractivity contribution in [3.63, 3.8) is 0 Å². The Morgan fingerprint density at radius 3 is 2.30 bits per heavy atom. The monoisotopic (exact) mass is 693 g/mol. The minimum Gasteiger partial charge on any atom is -0.358 e. The van der Waals surface area contributed by atoms with Crippen LogP contribution in [0.2, 0.25) is 0 Å². The third kappa shape index (κ3) is 7.44. The van der Waals surface area contributed by atoms with Crippen molar-refractivity contribution in [1.82, 2.24) is 30.4 Å². The zero-order valence-corrected chi connectivity index (χ0v) is 28.6. The summed E-state index contributed by atoms with van der Waals surface area (Å²) in [7, 11) is 0. The maximum absolute atomic E-state index is 13.9. The van der Waals surface area contributed by atoms with E-state index in [2.05, 4.69) is 46.7 Å². The fourth-order valence-electron chi connectivity index (χ4n) is 7.43. The van der Waals surface area contributed by atoms with Gasteiger partial charge in [-0.25, -0.2) is 9.97 Å². The lowest BCUT2D eigenvalue weighted by atomic mass is 9.84. The predicted octanol–water partition coefficient (Wildman–Crippen LogP) is 4.70. The summed E-state index contributed by atoms with van der Waals surface area (Å²) in [5.74, 6) is -0.741. The molecule has 266 valence electrons. The molecule has 3 aromatic rings. The van der Waals surface area contributed by atoms with E-state index in [0.29, 0.717) is 49.2 Å². The molecule has 1 saturated carbocycles. The van der Waals surface area contributed by atoms with Crippen LogP contribution in [0.25, 0.3) is 10.9 Å². The van der Waals surface area contributed by atoms with Crippen molar-refractivity contribution < 1.29 is 32.3 Å². The van der Waals surface area contributed by atoms with E-state index in [1.54, 1.807) is 29.2 Å². The first kappa shape index (κ1) is 35.2. The Kier molecular flexibility index (Phi) is 9.59. The van der Waals surface area contributed by atoms with Crippen molar-refractivity contribution in [2.75, 3.05) is 18.4 Å². The van der Waals surface area contributed by atoms with Crippen LogP contribution < -0.4 is 16.0 Å². The number of benzene rings is 2. The van der Waals surface area contributed by atoms with E-state index in [1.807, 2.05) is 0 Å². The molecule has 3 N–H and O–H groups in total. The van der Waals surface area contributed by atoms with Gasteiger partial charge in [-0.3, -0.25) is 24.1 Å². The first-order valence-corrected chi connectivity index (χ1v) is 17.0. The molecule has 0 spiro atoms. The molecule has 1 aromatic heterocycles. The minimum absolute atomic E-state index is 0.105. The summed E-state index contributed by atoms with van der Waals surface area (Å²) in [5, 5.41) is 9.92. The lowest BCUT2D eigenvalue weighted by Crippen LogP contribution is -2.59. The lowest BCUT2D eigenvalue weighted by Gasteiger charge is -2.43. The highest BCUT2D eigenvalue weighted by Gasteiger charge is 2.43. The number of carbonyl (C=O) groups excluding carboxylic acids is 4. The third-order valence-corrected chi connectivity index (χ3v) is 9.52. The van der Waals surface area contributed by atoms with Gasteiger partial charge < -0.3 is 20.9 Å². The summed E-state index contributed by atoms with van der Waals surface area (Å²) in [6.45, 7) is 8.24. The highest BCUT2D eigenvalue weighted by Crippen LogP contribution is 2.35. The van der Waals surface area contributed by atoms with Crippen LogP contribution in [-0.2, 0) is 22.2 Å². The molecule has 1 unspecified atom stereocenters. The van der Waals surface area contributed by atoms with Gasteiger partial charge in [0.15, 0.2) is 0 Å². The molecule has 4 atom stereocenters. The number of aryl methyl sites for hydroxylation is 1. The van der Waals surface area contributed by atoms with Gasteiger partial charge in [-0.15, -0.1) is 0 Å². The predicted molar refractivity (Wildman–Crippen MR) is 180 cm³/mol.